The van der Waals surface area contributed by atoms with Crippen LogP contribution in [0.3, 0.4) is 0 Å². The van der Waals surface area contributed by atoms with Crippen LogP contribution in [0.1, 0.15) is 6.42 Å². The molecule has 2 atom stereocenters. The van der Waals surface area contributed by atoms with Crippen molar-refractivity contribution in [3.05, 3.63) is 42.5 Å². The normalized spacial score (nSPS) is 23.1. The van der Waals surface area contributed by atoms with Crippen molar-refractivity contribution in [2.45, 2.75) is 17.4 Å². The third-order valence-electron chi connectivity index (χ3n) is 2.76. The maximum Gasteiger partial charge on any atom is 0.310 e. The van der Waals surface area contributed by atoms with E-state index < -0.39 is 28.0 Å². The molecule has 0 spiro atoms. The molecule has 0 amide bonds. The van der Waals surface area contributed by atoms with Gasteiger partial charge >= 0.3 is 5.97 Å². The highest BCUT2D eigenvalue weighted by Crippen LogP contribution is 2.20. The Hall–Kier alpha value is -1.66. The Morgan fingerprint density at radius 3 is 2.44 bits per heavy atom. The fourth-order valence-corrected chi connectivity index (χ4v) is 3.06. The fraction of sp³-hybridized carbons (Fsp3) is 0.250. The summed E-state index contributed by atoms with van der Waals surface area (Å²) >= 11 is 0. The highest BCUT2D eigenvalue weighted by Gasteiger charge is 2.27. The molecular weight excluding hydrogens is 254 g/mol. The Balaban J connectivity index is 2.08. The molecule has 2 N–H and O–H groups in total. The number of carboxylic acid groups (broad SMARTS) is 1. The summed E-state index contributed by atoms with van der Waals surface area (Å²) in [5, 5.41) is 8.82. The maximum atomic E-state index is 12.0. The molecular formula is C12H13NO4S. The number of rotatable bonds is 4. The summed E-state index contributed by atoms with van der Waals surface area (Å²) in [4.78, 5) is 10.9. The third kappa shape index (κ3) is 2.77. The Morgan fingerprint density at radius 2 is 1.89 bits per heavy atom. The van der Waals surface area contributed by atoms with Crippen molar-refractivity contribution < 1.29 is 18.3 Å². The minimum Gasteiger partial charge on any atom is -0.481 e. The second-order valence-electron chi connectivity index (χ2n) is 4.11. The second kappa shape index (κ2) is 4.91. The quantitative estimate of drug-likeness (QED) is 0.797. The average Bonchev–Trinajstić information content (AvgIpc) is 2.78. The predicted octanol–water partition coefficient (Wildman–Crippen LogP) is 0.994. The largest absolute Gasteiger partial charge is 0.481 e. The van der Waals surface area contributed by atoms with Crippen molar-refractivity contribution in [3.8, 4) is 0 Å². The summed E-state index contributed by atoms with van der Waals surface area (Å²) in [6.07, 6.45) is 3.35. The van der Waals surface area contributed by atoms with Crippen LogP contribution in [0.25, 0.3) is 0 Å². The van der Waals surface area contributed by atoms with Gasteiger partial charge in [0.2, 0.25) is 10.0 Å². The first kappa shape index (κ1) is 12.8. The SMILES string of the molecule is O=C(O)C1C=CC(NS(=O)(=O)c2ccccc2)C1. The van der Waals surface area contributed by atoms with E-state index in [1.165, 1.54) is 18.2 Å². The van der Waals surface area contributed by atoms with Gasteiger partial charge in [0.1, 0.15) is 0 Å². The first-order valence-corrected chi connectivity index (χ1v) is 6.96. The molecule has 0 radical (unpaired) electrons. The van der Waals surface area contributed by atoms with Crippen LogP contribution in [0.15, 0.2) is 47.4 Å². The molecule has 1 aliphatic carbocycles. The van der Waals surface area contributed by atoms with Gasteiger partial charge in [0.25, 0.3) is 0 Å². The van der Waals surface area contributed by atoms with Crippen molar-refractivity contribution in [1.29, 1.82) is 0 Å². The number of hydrogen-bond acceptors (Lipinski definition) is 3. The van der Waals surface area contributed by atoms with Crippen molar-refractivity contribution in [3.63, 3.8) is 0 Å². The number of nitrogens with one attached hydrogen (secondary N) is 1. The van der Waals surface area contributed by atoms with Crippen LogP contribution in [-0.2, 0) is 14.8 Å². The van der Waals surface area contributed by atoms with Crippen LogP contribution >= 0.6 is 0 Å². The smallest absolute Gasteiger partial charge is 0.310 e. The zero-order valence-corrected chi connectivity index (χ0v) is 10.3. The summed E-state index contributed by atoms with van der Waals surface area (Å²) in [6, 6.07) is 7.54. The lowest BCUT2D eigenvalue weighted by Gasteiger charge is -2.12. The molecule has 0 aromatic heterocycles. The van der Waals surface area contributed by atoms with Gasteiger partial charge in [-0.25, -0.2) is 13.1 Å². The van der Waals surface area contributed by atoms with Crippen LogP contribution in [0.4, 0.5) is 0 Å². The van der Waals surface area contributed by atoms with E-state index in [0.29, 0.717) is 0 Å². The standard InChI is InChI=1S/C12H13NO4S/c14-12(15)9-6-7-10(8-9)13-18(16,17)11-4-2-1-3-5-11/h1-7,9-10,13H,8H2,(H,14,15). The fourth-order valence-electron chi connectivity index (χ4n) is 1.84. The monoisotopic (exact) mass is 267 g/mol. The molecule has 0 heterocycles. The summed E-state index contributed by atoms with van der Waals surface area (Å²) in [5.41, 5.74) is 0. The van der Waals surface area contributed by atoms with E-state index in [1.54, 1.807) is 24.3 Å². The van der Waals surface area contributed by atoms with Crippen LogP contribution in [0, 0.1) is 5.92 Å². The van der Waals surface area contributed by atoms with Gasteiger partial charge in [0.05, 0.1) is 10.8 Å². The highest BCUT2D eigenvalue weighted by molar-refractivity contribution is 7.89. The topological polar surface area (TPSA) is 83.5 Å². The van der Waals surface area contributed by atoms with Crippen LogP contribution in [0.2, 0.25) is 0 Å². The molecule has 0 saturated carbocycles. The van der Waals surface area contributed by atoms with Crippen LogP contribution in [-0.4, -0.2) is 25.5 Å². The number of carboxylic acids is 1. The van der Waals surface area contributed by atoms with Gasteiger partial charge in [0.15, 0.2) is 0 Å². The van der Waals surface area contributed by atoms with E-state index in [4.69, 9.17) is 5.11 Å². The van der Waals surface area contributed by atoms with Crippen LogP contribution < -0.4 is 4.72 Å². The molecule has 2 unspecified atom stereocenters. The molecule has 18 heavy (non-hydrogen) atoms. The molecule has 0 aliphatic heterocycles. The lowest BCUT2D eigenvalue weighted by molar-refractivity contribution is -0.140. The van der Waals surface area contributed by atoms with Gasteiger partial charge in [-0.05, 0) is 18.6 Å². The molecule has 5 nitrogen and oxygen atoms in total. The van der Waals surface area contributed by atoms with Gasteiger partial charge in [-0.2, -0.15) is 0 Å². The average molecular weight is 267 g/mol. The minimum absolute atomic E-state index is 0.178. The zero-order chi connectivity index (χ0) is 13.2. The number of hydrogen-bond donors (Lipinski definition) is 2. The van der Waals surface area contributed by atoms with Gasteiger partial charge in [-0.1, -0.05) is 30.4 Å². The zero-order valence-electron chi connectivity index (χ0n) is 9.48. The van der Waals surface area contributed by atoms with Gasteiger partial charge in [0, 0.05) is 6.04 Å². The van der Waals surface area contributed by atoms with Crippen molar-refractivity contribution in [2.24, 2.45) is 5.92 Å². The number of carbonyl (C=O) groups is 1. The predicted molar refractivity (Wildman–Crippen MR) is 65.4 cm³/mol. The van der Waals surface area contributed by atoms with Gasteiger partial charge in [-0.15, -0.1) is 0 Å². The number of sulfonamides is 1. The summed E-state index contributed by atoms with van der Waals surface area (Å²) in [7, 11) is -3.59. The van der Waals surface area contributed by atoms with Crippen molar-refractivity contribution in [2.75, 3.05) is 0 Å². The number of benzene rings is 1. The van der Waals surface area contributed by atoms with E-state index in [0.717, 1.165) is 0 Å². The molecule has 2 rings (SSSR count). The second-order valence-corrected chi connectivity index (χ2v) is 5.82. The Kier molecular flexibility index (Phi) is 3.49. The molecule has 6 heteroatoms. The van der Waals surface area contributed by atoms with E-state index >= 15 is 0 Å². The molecule has 1 aliphatic rings. The lowest BCUT2D eigenvalue weighted by Crippen LogP contribution is -2.33. The van der Waals surface area contributed by atoms with Gasteiger partial charge in [-0.3, -0.25) is 4.79 Å². The highest BCUT2D eigenvalue weighted by atomic mass is 32.2. The summed E-state index contributed by atoms with van der Waals surface area (Å²) < 4.78 is 26.4. The molecule has 0 fully saturated rings. The first-order chi connectivity index (χ1) is 8.49. The van der Waals surface area contributed by atoms with E-state index in [1.807, 2.05) is 0 Å². The van der Waals surface area contributed by atoms with E-state index in [9.17, 15) is 13.2 Å². The summed E-state index contributed by atoms with van der Waals surface area (Å²) in [5.74, 6) is -1.55. The molecule has 1 aromatic rings. The maximum absolute atomic E-state index is 12.0. The molecule has 0 saturated heterocycles. The Bertz CT molecular complexity index is 565. The first-order valence-electron chi connectivity index (χ1n) is 5.47. The molecule has 96 valence electrons. The molecule has 0 bridgehead atoms. The molecule has 1 aromatic carbocycles. The van der Waals surface area contributed by atoms with Crippen molar-refractivity contribution >= 4 is 16.0 Å². The van der Waals surface area contributed by atoms with E-state index in [-0.39, 0.29) is 11.3 Å². The Morgan fingerprint density at radius 1 is 1.22 bits per heavy atom. The lowest BCUT2D eigenvalue weighted by atomic mass is 10.1. The number of aliphatic carboxylic acids is 1. The Labute approximate surface area is 105 Å². The van der Waals surface area contributed by atoms with Crippen molar-refractivity contribution in [1.82, 2.24) is 4.72 Å². The summed E-state index contributed by atoms with van der Waals surface area (Å²) in [6.45, 7) is 0. The third-order valence-corrected chi connectivity index (χ3v) is 4.27. The van der Waals surface area contributed by atoms with Crippen LogP contribution in [0.5, 0.6) is 0 Å². The van der Waals surface area contributed by atoms with Gasteiger partial charge < -0.3 is 5.11 Å². The van der Waals surface area contributed by atoms with E-state index in [2.05, 4.69) is 4.72 Å². The minimum atomic E-state index is -3.59.